The fourth-order valence-corrected chi connectivity index (χ4v) is 15.7. The number of carbonyl (C=O) groups is 3. The van der Waals surface area contributed by atoms with E-state index >= 15 is 0 Å². The van der Waals surface area contributed by atoms with Gasteiger partial charge in [-0.05, 0) is 167 Å². The summed E-state index contributed by atoms with van der Waals surface area (Å²) < 4.78 is 0. The third kappa shape index (κ3) is 4.25. The maximum absolute atomic E-state index is 12.6. The van der Waals surface area contributed by atoms with Gasteiger partial charge in [0.15, 0.2) is 0 Å². The molecular weight excluding hydrogens is 560 g/mol. The van der Waals surface area contributed by atoms with Crippen molar-refractivity contribution in [1.82, 2.24) is 0 Å². The molecule has 4 unspecified atom stereocenters. The first-order chi connectivity index (χ1) is 20.9. The number of hydrogen-bond acceptors (Lipinski definition) is 3. The Hall–Kier alpha value is -1.39. The van der Waals surface area contributed by atoms with Crippen LogP contribution in [0.3, 0.4) is 0 Å². The second kappa shape index (κ2) is 9.83. The molecule has 0 aromatic rings. The lowest BCUT2D eigenvalue weighted by Gasteiger charge is -2.64. The van der Waals surface area contributed by atoms with Gasteiger partial charge in [-0.25, -0.2) is 0 Å². The fourth-order valence-electron chi connectivity index (χ4n) is 15.7. The summed E-state index contributed by atoms with van der Waals surface area (Å²) >= 11 is 0. The first kappa shape index (κ1) is 32.2. The quantitative estimate of drug-likeness (QED) is 0.320. The number of rotatable bonds is 2. The molecule has 0 saturated heterocycles. The van der Waals surface area contributed by atoms with Crippen molar-refractivity contribution >= 4 is 17.7 Å². The van der Waals surface area contributed by atoms with Gasteiger partial charge in [-0.2, -0.15) is 0 Å². The number of aliphatic carboxylic acids is 2. The van der Waals surface area contributed by atoms with Crippen molar-refractivity contribution in [3.63, 3.8) is 0 Å². The molecule has 5 heteroatoms. The lowest BCUT2D eigenvalue weighted by Crippen LogP contribution is -2.58. The highest BCUT2D eigenvalue weighted by Gasteiger charge is 2.69. The van der Waals surface area contributed by atoms with Crippen LogP contribution in [0.15, 0.2) is 0 Å². The third-order valence-corrected chi connectivity index (χ3v) is 17.8. The minimum Gasteiger partial charge on any atom is -0.481 e. The zero-order valence-electron chi connectivity index (χ0n) is 29.4. The second-order valence-corrected chi connectivity index (χ2v) is 20.1. The average Bonchev–Trinajstić information content (AvgIpc) is 3.31. The summed E-state index contributed by atoms with van der Waals surface area (Å²) in [6.07, 6.45) is 21.8. The summed E-state index contributed by atoms with van der Waals surface area (Å²) in [6, 6.07) is 0. The predicted molar refractivity (Wildman–Crippen MR) is 175 cm³/mol. The Kier molecular flexibility index (Phi) is 7.03. The Balaban J connectivity index is 0.000000145. The van der Waals surface area contributed by atoms with Crippen molar-refractivity contribution in [2.24, 2.45) is 67.0 Å². The Morgan fingerprint density at radius 3 is 1.60 bits per heavy atom. The van der Waals surface area contributed by atoms with Crippen molar-refractivity contribution in [3.05, 3.63) is 0 Å². The Bertz CT molecular complexity index is 1290. The summed E-state index contributed by atoms with van der Waals surface area (Å²) in [6.45, 7) is 13.6. The number of hydrogen-bond donors (Lipinski definition) is 2. The summed E-state index contributed by atoms with van der Waals surface area (Å²) in [4.78, 5) is 36.7. The van der Waals surface area contributed by atoms with E-state index in [1.165, 1.54) is 44.9 Å². The third-order valence-electron chi connectivity index (χ3n) is 17.8. The molecule has 5 nitrogen and oxygen atoms in total. The van der Waals surface area contributed by atoms with Crippen LogP contribution in [0.25, 0.3) is 0 Å². The van der Waals surface area contributed by atoms with Crippen LogP contribution in [0, 0.1) is 67.0 Å². The lowest BCUT2D eigenvalue weighted by molar-refractivity contribution is -0.183. The van der Waals surface area contributed by atoms with Crippen molar-refractivity contribution in [3.8, 4) is 0 Å². The highest BCUT2D eigenvalue weighted by atomic mass is 16.4. The molecule has 0 amide bonds. The van der Waals surface area contributed by atoms with Crippen LogP contribution < -0.4 is 0 Å². The maximum Gasteiger partial charge on any atom is 0.309 e. The zero-order chi connectivity index (χ0) is 32.5. The normalized spacial score (nSPS) is 56.1. The van der Waals surface area contributed by atoms with Crippen LogP contribution in [-0.4, -0.2) is 27.9 Å². The molecular formula is C40H62O5. The zero-order valence-corrected chi connectivity index (χ0v) is 29.4. The van der Waals surface area contributed by atoms with Gasteiger partial charge in [-0.1, -0.05) is 40.5 Å². The van der Waals surface area contributed by atoms with Crippen molar-refractivity contribution in [2.45, 2.75) is 164 Å². The summed E-state index contributed by atoms with van der Waals surface area (Å²) in [5, 5.41) is 19.8. The number of fused-ring (bicyclic) bond motifs is 6. The van der Waals surface area contributed by atoms with Crippen LogP contribution >= 0.6 is 0 Å². The van der Waals surface area contributed by atoms with E-state index in [0.29, 0.717) is 28.4 Å². The van der Waals surface area contributed by atoms with Gasteiger partial charge in [-0.15, -0.1) is 0 Å². The molecule has 0 heterocycles. The molecule has 8 saturated carbocycles. The Labute approximate surface area is 272 Å². The largest absolute Gasteiger partial charge is 0.481 e. The molecule has 0 aliphatic heterocycles. The Morgan fingerprint density at radius 1 is 0.556 bits per heavy atom. The smallest absolute Gasteiger partial charge is 0.309 e. The molecule has 0 aromatic carbocycles. The van der Waals surface area contributed by atoms with Gasteiger partial charge >= 0.3 is 11.9 Å². The van der Waals surface area contributed by atoms with Gasteiger partial charge in [0.2, 0.25) is 0 Å². The standard InChI is InChI=1S/C20H30O3.C20H32O2/c1-17-9-5-14-18(2)7-4-8-19(3,16(22)23)13(18)6-10-20(14,12-17)11-15(17)21;1-17-9-5-15-18(2)7-4-8-19(3,16(21)22)14(18)6-10-20(15,13-17)12-11-17/h13-14H,4-12H2,1-3H3,(H,22,23);14-15H,4-13H2,1-3H3,(H,21,22)/t13?,14?,17-,18+,19+,20-;14?,15?,17-,18-,19-,20+/m01/s1. The summed E-state index contributed by atoms with van der Waals surface area (Å²) in [5.41, 5.74) is 0.604. The predicted octanol–water partition coefficient (Wildman–Crippen LogP) is 9.71. The van der Waals surface area contributed by atoms with Gasteiger partial charge in [0.25, 0.3) is 0 Å². The minimum atomic E-state index is -0.604. The van der Waals surface area contributed by atoms with Gasteiger partial charge in [0.1, 0.15) is 5.78 Å². The molecule has 12 atom stereocenters. The summed E-state index contributed by atoms with van der Waals surface area (Å²) in [5.74, 6) is 1.35. The summed E-state index contributed by atoms with van der Waals surface area (Å²) in [7, 11) is 0. The van der Waals surface area contributed by atoms with E-state index in [1.54, 1.807) is 0 Å². The molecule has 252 valence electrons. The van der Waals surface area contributed by atoms with E-state index in [4.69, 9.17) is 0 Å². The van der Waals surface area contributed by atoms with E-state index in [2.05, 4.69) is 34.6 Å². The molecule has 2 spiro atoms. The van der Waals surface area contributed by atoms with Crippen molar-refractivity contribution < 1.29 is 24.6 Å². The first-order valence-corrected chi connectivity index (χ1v) is 18.9. The number of ketones is 1. The topological polar surface area (TPSA) is 91.7 Å². The molecule has 8 fully saturated rings. The van der Waals surface area contributed by atoms with Crippen molar-refractivity contribution in [1.29, 1.82) is 0 Å². The molecule has 0 aromatic heterocycles. The number of Topliss-reactive ketones (excluding diaryl/α,β-unsaturated/α-hetero) is 1. The van der Waals surface area contributed by atoms with E-state index in [0.717, 1.165) is 83.0 Å². The van der Waals surface area contributed by atoms with Crippen LogP contribution in [0.4, 0.5) is 0 Å². The van der Waals surface area contributed by atoms with Crippen LogP contribution in [0.5, 0.6) is 0 Å². The molecule has 0 radical (unpaired) electrons. The van der Waals surface area contributed by atoms with E-state index < -0.39 is 22.8 Å². The molecule has 45 heavy (non-hydrogen) atoms. The molecule has 8 aliphatic rings. The van der Waals surface area contributed by atoms with Crippen LogP contribution in [0.2, 0.25) is 0 Å². The van der Waals surface area contributed by atoms with E-state index in [-0.39, 0.29) is 27.6 Å². The first-order valence-electron chi connectivity index (χ1n) is 18.9. The van der Waals surface area contributed by atoms with Crippen LogP contribution in [-0.2, 0) is 14.4 Å². The van der Waals surface area contributed by atoms with Crippen molar-refractivity contribution in [2.75, 3.05) is 0 Å². The van der Waals surface area contributed by atoms with Gasteiger partial charge in [-0.3, -0.25) is 14.4 Å². The highest BCUT2D eigenvalue weighted by molar-refractivity contribution is 5.88. The molecule has 4 bridgehead atoms. The lowest BCUT2D eigenvalue weighted by atomic mass is 9.40. The second-order valence-electron chi connectivity index (χ2n) is 20.1. The minimum absolute atomic E-state index is 0.0789. The fraction of sp³-hybridized carbons (Fsp3) is 0.925. The monoisotopic (exact) mass is 622 g/mol. The van der Waals surface area contributed by atoms with E-state index in [9.17, 15) is 24.6 Å². The molecule has 8 rings (SSSR count). The number of carboxylic acid groups (broad SMARTS) is 2. The molecule has 8 aliphatic carbocycles. The van der Waals surface area contributed by atoms with Crippen LogP contribution in [0.1, 0.15) is 164 Å². The highest BCUT2D eigenvalue weighted by Crippen LogP contribution is 2.75. The molecule has 2 N–H and O–H groups in total. The average molecular weight is 623 g/mol. The maximum atomic E-state index is 12.6. The Morgan fingerprint density at radius 2 is 1.04 bits per heavy atom. The van der Waals surface area contributed by atoms with Gasteiger partial charge in [0, 0.05) is 11.8 Å². The van der Waals surface area contributed by atoms with E-state index in [1.807, 2.05) is 6.92 Å². The number of carbonyl (C=O) groups excluding carboxylic acids is 1. The van der Waals surface area contributed by atoms with Gasteiger partial charge < -0.3 is 10.2 Å². The number of carboxylic acids is 2. The van der Waals surface area contributed by atoms with Gasteiger partial charge in [0.05, 0.1) is 10.8 Å². The SMILES string of the molecule is C[C@@]12CCC3[C@@](CCC4[C@@]3(C)CCC[C@@]4(C)C(=O)O)(CC1)C2.C[C@@]12CCC3[C@@](CCC4[C@@]3(C)CCC[C@@]4(C)C(=O)O)(CC1=O)C2.